The lowest BCUT2D eigenvalue weighted by atomic mass is 9.87. The number of rotatable bonds is 6. The summed E-state index contributed by atoms with van der Waals surface area (Å²) in [5.74, 6) is 0.0728. The molecule has 3 aliphatic rings. The molecule has 1 amide bonds. The molecule has 4 heterocycles. The molecule has 5 rings (SSSR count). The Hall–Kier alpha value is -1.97. The van der Waals surface area contributed by atoms with Gasteiger partial charge in [-0.15, -0.1) is 11.3 Å². The molecule has 0 bridgehead atoms. The topological polar surface area (TPSA) is 85.7 Å². The second-order valence-corrected chi connectivity index (χ2v) is 11.3. The molecule has 2 aliphatic heterocycles. The molecule has 0 spiro atoms. The average molecular weight is 503 g/mol. The van der Waals surface area contributed by atoms with Gasteiger partial charge in [-0.2, -0.15) is 5.10 Å². The summed E-state index contributed by atoms with van der Waals surface area (Å²) in [6.45, 7) is 7.85. The summed E-state index contributed by atoms with van der Waals surface area (Å²) in [6.07, 6.45) is 7.94. The maximum Gasteiger partial charge on any atom is 0.309 e. The Morgan fingerprint density at radius 1 is 1.09 bits per heavy atom. The minimum atomic E-state index is -0.0320. The van der Waals surface area contributed by atoms with Gasteiger partial charge in [0.15, 0.2) is 0 Å². The number of piperidine rings is 1. The van der Waals surface area contributed by atoms with Crippen molar-refractivity contribution in [2.45, 2.75) is 83.3 Å². The predicted octanol–water partition coefficient (Wildman–Crippen LogP) is 4.07. The monoisotopic (exact) mass is 502 g/mol. The number of amides is 1. The highest BCUT2D eigenvalue weighted by Gasteiger charge is 2.32. The number of nitrogens with zero attached hydrogens (tertiary/aromatic N) is 3. The molecular weight excluding hydrogens is 464 g/mol. The Kier molecular flexibility index (Phi) is 7.74. The summed E-state index contributed by atoms with van der Waals surface area (Å²) in [4.78, 5) is 29.6. The van der Waals surface area contributed by atoms with Crippen molar-refractivity contribution in [2.75, 3.05) is 32.9 Å². The fourth-order valence-electron chi connectivity index (χ4n) is 5.96. The lowest BCUT2D eigenvalue weighted by Crippen LogP contribution is -2.47. The summed E-state index contributed by atoms with van der Waals surface area (Å²) < 4.78 is 12.8. The Balaban J connectivity index is 1.13. The summed E-state index contributed by atoms with van der Waals surface area (Å²) in [5.41, 5.74) is 0.994. The molecule has 1 N–H and O–H groups in total. The van der Waals surface area contributed by atoms with Crippen molar-refractivity contribution in [3.05, 3.63) is 16.6 Å². The summed E-state index contributed by atoms with van der Waals surface area (Å²) in [7, 11) is 0. The standard InChI is InChI=1S/C26H38N4O4S/c1-3-34-26(32)18-8-12-29(13-9-18)20-6-4-19(5-7-20)27-24(31)23-16-22-17(2)28-30(25(22)35-23)21-10-14-33-15-11-21/h16,18-21H,3-15H2,1-2H3,(H,27,31)/t19-,20-. The van der Waals surface area contributed by atoms with Gasteiger partial charge in [-0.25, -0.2) is 0 Å². The van der Waals surface area contributed by atoms with Gasteiger partial charge in [0.25, 0.3) is 5.91 Å². The molecule has 0 radical (unpaired) electrons. The van der Waals surface area contributed by atoms with E-state index in [1.54, 1.807) is 11.3 Å². The molecule has 9 heteroatoms. The van der Waals surface area contributed by atoms with Crippen LogP contribution in [0.1, 0.15) is 79.7 Å². The molecule has 8 nitrogen and oxygen atoms in total. The highest BCUT2D eigenvalue weighted by molar-refractivity contribution is 7.20. The second kappa shape index (κ2) is 11.0. The first-order valence-corrected chi connectivity index (χ1v) is 14.1. The molecule has 2 aromatic heterocycles. The van der Waals surface area contributed by atoms with E-state index in [1.165, 1.54) is 0 Å². The van der Waals surface area contributed by atoms with Crippen LogP contribution in [-0.2, 0) is 14.3 Å². The van der Waals surface area contributed by atoms with Gasteiger partial charge in [0.05, 0.1) is 29.1 Å². The third kappa shape index (κ3) is 5.42. The van der Waals surface area contributed by atoms with Crippen molar-refractivity contribution < 1.29 is 19.1 Å². The van der Waals surface area contributed by atoms with Crippen LogP contribution in [0.2, 0.25) is 0 Å². The van der Waals surface area contributed by atoms with Crippen LogP contribution in [0.15, 0.2) is 6.07 Å². The Labute approximate surface area is 211 Å². The summed E-state index contributed by atoms with van der Waals surface area (Å²) in [5, 5.41) is 9.18. The number of carbonyl (C=O) groups is 2. The van der Waals surface area contributed by atoms with Gasteiger partial charge in [0.2, 0.25) is 0 Å². The molecule has 35 heavy (non-hydrogen) atoms. The van der Waals surface area contributed by atoms with Gasteiger partial charge in [-0.1, -0.05) is 0 Å². The average Bonchev–Trinajstić information content (AvgIpc) is 3.46. The minimum absolute atomic E-state index is 0.0320. The van der Waals surface area contributed by atoms with E-state index in [1.807, 2.05) is 19.9 Å². The number of aryl methyl sites for hydroxylation is 1. The predicted molar refractivity (Wildman–Crippen MR) is 136 cm³/mol. The number of likely N-dealkylation sites (tertiary alicyclic amines) is 1. The normalized spacial score (nSPS) is 25.1. The van der Waals surface area contributed by atoms with Crippen molar-refractivity contribution >= 4 is 33.4 Å². The number of carbonyl (C=O) groups excluding carboxylic acids is 2. The van der Waals surface area contributed by atoms with Crippen LogP contribution < -0.4 is 5.32 Å². The molecule has 2 aromatic rings. The number of esters is 1. The largest absolute Gasteiger partial charge is 0.466 e. The SMILES string of the molecule is CCOC(=O)C1CCN([C@H]2CC[C@H](NC(=O)c3cc4c(C)nn(C5CCOCC5)c4s3)CC2)CC1. The Bertz CT molecular complexity index is 1030. The highest BCUT2D eigenvalue weighted by atomic mass is 32.1. The number of fused-ring (bicyclic) bond motifs is 1. The van der Waals surface area contributed by atoms with Crippen LogP contribution in [0.4, 0.5) is 0 Å². The Morgan fingerprint density at radius 2 is 1.80 bits per heavy atom. The van der Waals surface area contributed by atoms with E-state index in [0.717, 1.165) is 98.5 Å². The number of hydrogen-bond donors (Lipinski definition) is 1. The maximum absolute atomic E-state index is 13.1. The van der Waals surface area contributed by atoms with E-state index < -0.39 is 0 Å². The van der Waals surface area contributed by atoms with Crippen LogP contribution in [0.3, 0.4) is 0 Å². The van der Waals surface area contributed by atoms with Crippen LogP contribution in [-0.4, -0.2) is 71.6 Å². The smallest absolute Gasteiger partial charge is 0.309 e. The van der Waals surface area contributed by atoms with E-state index in [9.17, 15) is 9.59 Å². The molecule has 0 aromatic carbocycles. The first kappa shape index (κ1) is 24.7. The maximum atomic E-state index is 13.1. The molecule has 3 fully saturated rings. The zero-order valence-electron chi connectivity index (χ0n) is 21.0. The van der Waals surface area contributed by atoms with Gasteiger partial charge in [0.1, 0.15) is 4.83 Å². The fourth-order valence-corrected chi connectivity index (χ4v) is 7.10. The number of hydrogen-bond acceptors (Lipinski definition) is 7. The molecule has 2 saturated heterocycles. The van der Waals surface area contributed by atoms with Gasteiger partial charge in [0, 0.05) is 30.7 Å². The Morgan fingerprint density at radius 3 is 2.49 bits per heavy atom. The van der Waals surface area contributed by atoms with E-state index in [2.05, 4.69) is 14.9 Å². The van der Waals surface area contributed by atoms with Crippen LogP contribution in [0.5, 0.6) is 0 Å². The van der Waals surface area contributed by atoms with Gasteiger partial charge in [-0.3, -0.25) is 14.3 Å². The van der Waals surface area contributed by atoms with Crippen molar-refractivity contribution in [3.63, 3.8) is 0 Å². The third-order valence-corrected chi connectivity index (χ3v) is 9.15. The number of ether oxygens (including phenoxy) is 2. The quantitative estimate of drug-likeness (QED) is 0.600. The van der Waals surface area contributed by atoms with Crippen molar-refractivity contribution in [1.29, 1.82) is 0 Å². The third-order valence-electron chi connectivity index (χ3n) is 8.03. The molecular formula is C26H38N4O4S. The van der Waals surface area contributed by atoms with Crippen molar-refractivity contribution in [2.24, 2.45) is 5.92 Å². The second-order valence-electron chi connectivity index (χ2n) is 10.2. The molecule has 0 atom stereocenters. The lowest BCUT2D eigenvalue weighted by Gasteiger charge is -2.40. The summed E-state index contributed by atoms with van der Waals surface area (Å²) in [6, 6.07) is 3.16. The molecule has 1 aliphatic carbocycles. The number of aromatic nitrogens is 2. The highest BCUT2D eigenvalue weighted by Crippen LogP contribution is 2.34. The van der Waals surface area contributed by atoms with Gasteiger partial charge >= 0.3 is 5.97 Å². The minimum Gasteiger partial charge on any atom is -0.466 e. The van der Waals surface area contributed by atoms with E-state index in [-0.39, 0.29) is 23.8 Å². The first-order chi connectivity index (χ1) is 17.0. The van der Waals surface area contributed by atoms with E-state index in [0.29, 0.717) is 18.7 Å². The lowest BCUT2D eigenvalue weighted by molar-refractivity contribution is -0.149. The zero-order chi connectivity index (χ0) is 24.4. The molecule has 0 unspecified atom stereocenters. The fraction of sp³-hybridized carbons (Fsp3) is 0.731. The van der Waals surface area contributed by atoms with E-state index >= 15 is 0 Å². The van der Waals surface area contributed by atoms with Crippen LogP contribution >= 0.6 is 11.3 Å². The van der Waals surface area contributed by atoms with Gasteiger partial charge in [-0.05, 0) is 84.4 Å². The number of thiophene rings is 1. The van der Waals surface area contributed by atoms with Crippen molar-refractivity contribution in [1.82, 2.24) is 20.0 Å². The molecule has 192 valence electrons. The van der Waals surface area contributed by atoms with Crippen LogP contribution in [0.25, 0.3) is 10.2 Å². The number of nitrogens with one attached hydrogen (secondary N) is 1. The first-order valence-electron chi connectivity index (χ1n) is 13.3. The van der Waals surface area contributed by atoms with Crippen LogP contribution in [0, 0.1) is 12.8 Å². The van der Waals surface area contributed by atoms with Crippen molar-refractivity contribution in [3.8, 4) is 0 Å². The van der Waals surface area contributed by atoms with E-state index in [4.69, 9.17) is 14.6 Å². The molecule has 1 saturated carbocycles. The summed E-state index contributed by atoms with van der Waals surface area (Å²) >= 11 is 1.57. The van der Waals surface area contributed by atoms with Gasteiger partial charge < -0.3 is 19.7 Å². The zero-order valence-corrected chi connectivity index (χ0v) is 21.8.